The first-order chi connectivity index (χ1) is 46.6. The molecule has 0 fully saturated rings. The van der Waals surface area contributed by atoms with E-state index in [9.17, 15) is 0 Å². The van der Waals surface area contributed by atoms with Crippen molar-refractivity contribution in [2.75, 3.05) is 0 Å². The largest absolute Gasteiger partial charge is 0.309 e. The number of rotatable bonds is 10. The number of fused-ring (bicyclic) bond motifs is 12. The van der Waals surface area contributed by atoms with Crippen LogP contribution in [0.2, 0.25) is 0 Å². The second-order valence-electron chi connectivity index (χ2n) is 24.9. The van der Waals surface area contributed by atoms with E-state index in [0.717, 1.165) is 56.0 Å². The average Bonchev–Trinajstić information content (AvgIpc) is 1.63. The van der Waals surface area contributed by atoms with E-state index in [1.165, 1.54) is 121 Å². The number of benzene rings is 15. The molecule has 94 heavy (non-hydrogen) atoms. The van der Waals surface area contributed by atoms with Crippen LogP contribution in [0.15, 0.2) is 352 Å². The molecule has 0 aliphatic carbocycles. The fraction of sp³-hybridized carbons (Fsp3) is 0. The van der Waals surface area contributed by atoms with Gasteiger partial charge in [-0.3, -0.25) is 0 Å². The minimum absolute atomic E-state index is 1.11. The lowest BCUT2D eigenvalue weighted by atomic mass is 9.98. The summed E-state index contributed by atoms with van der Waals surface area (Å²) in [5.74, 6) is 0. The Balaban J connectivity index is 0.700. The Labute approximate surface area is 543 Å². The molecule has 0 spiro atoms. The molecule has 4 aromatic heterocycles. The van der Waals surface area contributed by atoms with Crippen LogP contribution in [0.4, 0.5) is 0 Å². The van der Waals surface area contributed by atoms with E-state index >= 15 is 0 Å². The minimum atomic E-state index is 1.11. The molecule has 4 heteroatoms. The summed E-state index contributed by atoms with van der Waals surface area (Å²) in [5.41, 5.74) is 28.2. The van der Waals surface area contributed by atoms with Gasteiger partial charge in [-0.1, -0.05) is 212 Å². The predicted molar refractivity (Wildman–Crippen MR) is 396 cm³/mol. The molecule has 0 bridgehead atoms. The Bertz CT molecular complexity index is 5830. The van der Waals surface area contributed by atoms with Gasteiger partial charge in [-0.05, 0) is 206 Å². The summed E-state index contributed by atoms with van der Waals surface area (Å²) < 4.78 is 9.68. The minimum Gasteiger partial charge on any atom is -0.309 e. The summed E-state index contributed by atoms with van der Waals surface area (Å²) in [5, 5.41) is 9.83. The molecular formula is C90H58N4. The van der Waals surface area contributed by atoms with Gasteiger partial charge in [0.05, 0.1) is 44.1 Å². The van der Waals surface area contributed by atoms with Crippen molar-refractivity contribution in [1.29, 1.82) is 0 Å². The summed E-state index contributed by atoms with van der Waals surface area (Å²) in [7, 11) is 0. The summed E-state index contributed by atoms with van der Waals surface area (Å²) in [6.07, 6.45) is 0. The molecule has 19 rings (SSSR count). The first kappa shape index (κ1) is 53.3. The van der Waals surface area contributed by atoms with E-state index in [1.807, 2.05) is 0 Å². The van der Waals surface area contributed by atoms with E-state index in [-0.39, 0.29) is 0 Å². The van der Waals surface area contributed by atoms with Gasteiger partial charge in [-0.25, -0.2) is 0 Å². The summed E-state index contributed by atoms with van der Waals surface area (Å²) in [4.78, 5) is 0. The molecule has 438 valence electrons. The Morgan fingerprint density at radius 1 is 0.117 bits per heavy atom. The SMILES string of the molecule is c1ccc(-c2ccc3c(c2)c2cc(-c4ccc5c(c4)c4ccccc4n5-c4ccccc4)ccc2n3-c2cccc(-c3cccc(-c4cccc(-n5c6ccc(-c7ccccc7)cc6c6cc(-c7ccc8c(c7)c7ccccc7n8-c7ccccc7)ccc65)c4)c3)c2)cc1. The number of para-hydroxylation sites is 4. The van der Waals surface area contributed by atoms with Crippen molar-refractivity contribution in [1.82, 2.24) is 18.3 Å². The lowest BCUT2D eigenvalue weighted by Crippen LogP contribution is -1.95. The zero-order chi connectivity index (χ0) is 61.8. The van der Waals surface area contributed by atoms with Crippen LogP contribution in [-0.4, -0.2) is 18.3 Å². The summed E-state index contributed by atoms with van der Waals surface area (Å²) >= 11 is 0. The van der Waals surface area contributed by atoms with Gasteiger partial charge in [-0.15, -0.1) is 0 Å². The van der Waals surface area contributed by atoms with Crippen LogP contribution >= 0.6 is 0 Å². The monoisotopic (exact) mass is 1190 g/mol. The van der Waals surface area contributed by atoms with Gasteiger partial charge in [0.2, 0.25) is 0 Å². The molecule has 0 N–H and O–H groups in total. The number of aromatic nitrogens is 4. The van der Waals surface area contributed by atoms with Crippen molar-refractivity contribution in [3.63, 3.8) is 0 Å². The lowest BCUT2D eigenvalue weighted by Gasteiger charge is -2.13. The fourth-order valence-corrected chi connectivity index (χ4v) is 15.1. The van der Waals surface area contributed by atoms with Gasteiger partial charge < -0.3 is 18.3 Å². The Morgan fingerprint density at radius 3 is 0.670 bits per heavy atom. The van der Waals surface area contributed by atoms with E-state index in [2.05, 4.69) is 370 Å². The van der Waals surface area contributed by atoms with E-state index in [0.29, 0.717) is 0 Å². The van der Waals surface area contributed by atoms with Crippen LogP contribution in [-0.2, 0) is 0 Å². The molecule has 4 heterocycles. The van der Waals surface area contributed by atoms with E-state index in [4.69, 9.17) is 0 Å². The zero-order valence-corrected chi connectivity index (χ0v) is 51.3. The van der Waals surface area contributed by atoms with Gasteiger partial charge in [0.1, 0.15) is 0 Å². The van der Waals surface area contributed by atoms with Crippen molar-refractivity contribution >= 4 is 87.2 Å². The van der Waals surface area contributed by atoms with Gasteiger partial charge >= 0.3 is 0 Å². The van der Waals surface area contributed by atoms with E-state index < -0.39 is 0 Å². The van der Waals surface area contributed by atoms with Crippen LogP contribution in [0.5, 0.6) is 0 Å². The zero-order valence-electron chi connectivity index (χ0n) is 51.3. The summed E-state index contributed by atoms with van der Waals surface area (Å²) in [6.45, 7) is 0. The van der Waals surface area contributed by atoms with Crippen LogP contribution in [0, 0.1) is 0 Å². The molecule has 0 unspecified atom stereocenters. The molecule has 0 atom stereocenters. The van der Waals surface area contributed by atoms with Crippen molar-refractivity contribution in [3.8, 4) is 89.5 Å². The maximum absolute atomic E-state index is 2.46. The van der Waals surface area contributed by atoms with Gasteiger partial charge in [0, 0.05) is 65.8 Å². The maximum Gasteiger partial charge on any atom is 0.0541 e. The summed E-state index contributed by atoms with van der Waals surface area (Å²) in [6, 6.07) is 130. The quantitative estimate of drug-likeness (QED) is 0.130. The standard InChI is InChI=1S/C90H58N4/c1-5-20-59(21-6-1)65-38-44-87-79(53-65)81-57-69(67-40-46-85-77(55-67)75-34-13-15-36-83(75)91(85)71-28-9-3-10-29-71)42-48-89(81)93(87)73-32-18-26-63(51-73)61-24-17-25-62(50-61)64-27-19-33-74(52-64)94-88-45-39-66(60-22-7-2-8-23-60)54-80(88)82-58-70(43-49-90(82)94)68-41-47-86-78(56-68)76-35-14-16-37-84(76)92(86)72-30-11-4-12-31-72/h1-58H. The maximum atomic E-state index is 2.46. The normalized spacial score (nSPS) is 11.8. The highest BCUT2D eigenvalue weighted by atomic mass is 15.0. The topological polar surface area (TPSA) is 19.7 Å². The highest BCUT2D eigenvalue weighted by molar-refractivity contribution is 6.16. The number of nitrogens with zero attached hydrogens (tertiary/aromatic N) is 4. The Kier molecular flexibility index (Phi) is 12.3. The van der Waals surface area contributed by atoms with Crippen molar-refractivity contribution in [2.24, 2.45) is 0 Å². The number of hydrogen-bond donors (Lipinski definition) is 0. The van der Waals surface area contributed by atoms with Gasteiger partial charge in [0.15, 0.2) is 0 Å². The first-order valence-electron chi connectivity index (χ1n) is 32.4. The fourth-order valence-electron chi connectivity index (χ4n) is 15.1. The average molecular weight is 1200 g/mol. The van der Waals surface area contributed by atoms with Crippen LogP contribution in [0.3, 0.4) is 0 Å². The van der Waals surface area contributed by atoms with Crippen LogP contribution in [0.1, 0.15) is 0 Å². The van der Waals surface area contributed by atoms with Gasteiger partial charge in [-0.2, -0.15) is 0 Å². The van der Waals surface area contributed by atoms with E-state index in [1.54, 1.807) is 0 Å². The van der Waals surface area contributed by atoms with Crippen molar-refractivity contribution in [3.05, 3.63) is 352 Å². The third-order valence-corrected chi connectivity index (χ3v) is 19.5. The third-order valence-electron chi connectivity index (χ3n) is 19.5. The molecule has 0 saturated carbocycles. The second kappa shape index (κ2) is 21.6. The Hall–Kier alpha value is -12.5. The first-order valence-corrected chi connectivity index (χ1v) is 32.4. The highest BCUT2D eigenvalue weighted by Gasteiger charge is 2.21. The molecule has 0 aliphatic heterocycles. The van der Waals surface area contributed by atoms with Crippen LogP contribution in [0.25, 0.3) is 177 Å². The molecular weight excluding hydrogens is 1140 g/mol. The smallest absolute Gasteiger partial charge is 0.0541 e. The molecule has 15 aromatic carbocycles. The molecule has 4 nitrogen and oxygen atoms in total. The molecule has 0 radical (unpaired) electrons. The lowest BCUT2D eigenvalue weighted by molar-refractivity contribution is 1.18. The third kappa shape index (κ3) is 8.69. The highest BCUT2D eigenvalue weighted by Crippen LogP contribution is 2.44. The van der Waals surface area contributed by atoms with Crippen molar-refractivity contribution < 1.29 is 0 Å². The van der Waals surface area contributed by atoms with Crippen LogP contribution < -0.4 is 0 Å². The molecule has 19 aromatic rings. The Morgan fingerprint density at radius 2 is 0.330 bits per heavy atom. The number of hydrogen-bond acceptors (Lipinski definition) is 0. The molecule has 0 saturated heterocycles. The predicted octanol–water partition coefficient (Wildman–Crippen LogP) is 24.1. The van der Waals surface area contributed by atoms with Crippen molar-refractivity contribution in [2.45, 2.75) is 0 Å². The van der Waals surface area contributed by atoms with Gasteiger partial charge in [0.25, 0.3) is 0 Å². The molecule has 0 amide bonds. The molecule has 0 aliphatic rings. The second-order valence-corrected chi connectivity index (χ2v) is 24.9.